The molecular formula is C26H34O10S2. The summed E-state index contributed by atoms with van der Waals surface area (Å²) in [5.74, 6) is 0. The van der Waals surface area contributed by atoms with Gasteiger partial charge in [-0.15, -0.1) is 22.7 Å². The Bertz CT molecular complexity index is 1130. The van der Waals surface area contributed by atoms with E-state index in [4.69, 9.17) is 14.6 Å². The molecule has 0 radical (unpaired) electrons. The van der Waals surface area contributed by atoms with Gasteiger partial charge in [-0.05, 0) is 35.6 Å². The quantitative estimate of drug-likeness (QED) is 0.207. The second-order valence-corrected chi connectivity index (χ2v) is 11.7. The van der Waals surface area contributed by atoms with Crippen LogP contribution in [0.25, 0.3) is 9.40 Å². The minimum Gasteiger partial charge on any atom is -0.394 e. The molecule has 2 aromatic heterocycles. The highest BCUT2D eigenvalue weighted by Crippen LogP contribution is 2.34. The molecule has 0 bridgehead atoms. The highest BCUT2D eigenvalue weighted by atomic mass is 32.1. The van der Waals surface area contributed by atoms with Crippen molar-refractivity contribution < 1.29 is 50.3 Å². The van der Waals surface area contributed by atoms with Crippen LogP contribution < -0.4 is 0 Å². The number of ether oxygens (including phenoxy) is 2. The van der Waals surface area contributed by atoms with E-state index >= 15 is 0 Å². The summed E-state index contributed by atoms with van der Waals surface area (Å²) in [4.78, 5) is 1.26. The number of benzene rings is 1. The van der Waals surface area contributed by atoms with E-state index in [1.807, 2.05) is 24.3 Å². The minimum absolute atomic E-state index is 0.366. The third kappa shape index (κ3) is 6.28. The highest BCUT2D eigenvalue weighted by Gasteiger charge is 2.44. The van der Waals surface area contributed by atoms with Gasteiger partial charge in [0.05, 0.1) is 19.3 Å². The van der Waals surface area contributed by atoms with Gasteiger partial charge >= 0.3 is 0 Å². The Labute approximate surface area is 227 Å². The van der Waals surface area contributed by atoms with E-state index < -0.39 is 67.6 Å². The van der Waals surface area contributed by atoms with E-state index in [9.17, 15) is 35.7 Å². The van der Waals surface area contributed by atoms with E-state index in [0.717, 1.165) is 17.5 Å². The smallest absolute Gasteiger partial charge is 0.113 e. The fourth-order valence-corrected chi connectivity index (χ4v) is 6.82. The lowest BCUT2D eigenvalue weighted by atomic mass is 9.90. The summed E-state index contributed by atoms with van der Waals surface area (Å²) < 4.78 is 13.2. The first kappa shape index (κ1) is 29.5. The van der Waals surface area contributed by atoms with Crippen molar-refractivity contribution in [3.05, 3.63) is 57.8 Å². The molecule has 2 fully saturated rings. The summed E-state index contributed by atoms with van der Waals surface area (Å²) in [6, 6.07) is 12.0. The number of thiophene rings is 2. The maximum atomic E-state index is 10.3. The molecule has 10 atom stereocenters. The SMILES string of the molecule is C[C@@H]1O[C@H](CO)[C@@H](O)[C@H](O)[C@H]1O.OC[C@H]1O[C@@H](c2cccc(Cc3cc4sccc4s3)c2)[C@H](O)[C@@H](O)[C@@H]1O. The topological polar surface area (TPSA) is 180 Å². The molecule has 5 rings (SSSR count). The van der Waals surface area contributed by atoms with Crippen molar-refractivity contribution in [2.75, 3.05) is 13.2 Å². The molecule has 0 aliphatic carbocycles. The zero-order valence-corrected chi connectivity index (χ0v) is 22.3. The Morgan fingerprint density at radius 2 is 1.39 bits per heavy atom. The molecule has 0 saturated carbocycles. The third-order valence-corrected chi connectivity index (χ3v) is 8.97. The van der Waals surface area contributed by atoms with Gasteiger partial charge in [0, 0.05) is 20.7 Å². The Kier molecular flexibility index (Phi) is 9.90. The van der Waals surface area contributed by atoms with Crippen LogP contribution in [0, 0.1) is 0 Å². The molecule has 3 aromatic rings. The Morgan fingerprint density at radius 1 is 0.737 bits per heavy atom. The number of hydrogen-bond donors (Lipinski definition) is 8. The van der Waals surface area contributed by atoms with Gasteiger partial charge in [0.1, 0.15) is 54.9 Å². The zero-order chi connectivity index (χ0) is 27.6. The van der Waals surface area contributed by atoms with Crippen molar-refractivity contribution in [3.63, 3.8) is 0 Å². The molecule has 38 heavy (non-hydrogen) atoms. The molecule has 210 valence electrons. The molecule has 12 heteroatoms. The summed E-state index contributed by atoms with van der Waals surface area (Å²) in [5.41, 5.74) is 1.80. The van der Waals surface area contributed by atoms with Gasteiger partial charge in [0.2, 0.25) is 0 Å². The first-order valence-corrected chi connectivity index (χ1v) is 14.0. The van der Waals surface area contributed by atoms with Crippen molar-refractivity contribution in [1.82, 2.24) is 0 Å². The van der Waals surface area contributed by atoms with Crippen molar-refractivity contribution in [2.45, 2.75) is 74.4 Å². The minimum atomic E-state index is -1.36. The van der Waals surface area contributed by atoms with Gasteiger partial charge < -0.3 is 50.3 Å². The average Bonchev–Trinajstić information content (AvgIpc) is 3.51. The van der Waals surface area contributed by atoms with Crippen molar-refractivity contribution in [3.8, 4) is 0 Å². The zero-order valence-electron chi connectivity index (χ0n) is 20.6. The van der Waals surface area contributed by atoms with Crippen LogP contribution in [-0.4, -0.2) is 109 Å². The summed E-state index contributed by atoms with van der Waals surface area (Å²) in [7, 11) is 0. The summed E-state index contributed by atoms with van der Waals surface area (Å²) >= 11 is 3.50. The average molecular weight is 571 g/mol. The first-order valence-electron chi connectivity index (χ1n) is 12.3. The number of hydrogen-bond acceptors (Lipinski definition) is 12. The molecule has 0 unspecified atom stereocenters. The fraction of sp³-hybridized carbons (Fsp3) is 0.538. The van der Waals surface area contributed by atoms with Gasteiger partial charge in [-0.25, -0.2) is 0 Å². The van der Waals surface area contributed by atoms with Gasteiger partial charge in [-0.3, -0.25) is 0 Å². The number of rotatable bonds is 5. The van der Waals surface area contributed by atoms with Gasteiger partial charge in [0.25, 0.3) is 0 Å². The molecule has 8 N–H and O–H groups in total. The molecule has 2 aliphatic heterocycles. The number of fused-ring (bicyclic) bond motifs is 1. The predicted octanol–water partition coefficient (Wildman–Crippen LogP) is -0.0828. The lowest BCUT2D eigenvalue weighted by Crippen LogP contribution is -2.57. The summed E-state index contributed by atoms with van der Waals surface area (Å²) in [6.07, 6.45) is -9.81. The molecule has 1 aromatic carbocycles. The molecule has 10 nitrogen and oxygen atoms in total. The fourth-order valence-electron chi connectivity index (χ4n) is 4.65. The second kappa shape index (κ2) is 12.8. The van der Waals surface area contributed by atoms with Gasteiger partial charge in [0.15, 0.2) is 0 Å². The van der Waals surface area contributed by atoms with E-state index in [-0.39, 0.29) is 6.61 Å². The Balaban J connectivity index is 0.000000236. The van der Waals surface area contributed by atoms with Crippen molar-refractivity contribution in [2.24, 2.45) is 0 Å². The molecule has 4 heterocycles. The Morgan fingerprint density at radius 3 is 2.05 bits per heavy atom. The summed E-state index contributed by atoms with van der Waals surface area (Å²) in [6.45, 7) is 0.783. The third-order valence-electron chi connectivity index (χ3n) is 6.87. The molecule has 2 saturated heterocycles. The van der Waals surface area contributed by atoms with Crippen LogP contribution in [0.3, 0.4) is 0 Å². The predicted molar refractivity (Wildman–Crippen MR) is 141 cm³/mol. The maximum absolute atomic E-state index is 10.3. The van der Waals surface area contributed by atoms with E-state index in [0.29, 0.717) is 0 Å². The highest BCUT2D eigenvalue weighted by molar-refractivity contribution is 7.26. The van der Waals surface area contributed by atoms with Crippen LogP contribution in [0.4, 0.5) is 0 Å². The van der Waals surface area contributed by atoms with Crippen molar-refractivity contribution in [1.29, 1.82) is 0 Å². The largest absolute Gasteiger partial charge is 0.394 e. The number of aliphatic hydroxyl groups is 8. The van der Waals surface area contributed by atoms with Crippen LogP contribution >= 0.6 is 22.7 Å². The molecular weight excluding hydrogens is 536 g/mol. The normalized spacial score (nSPS) is 35.6. The van der Waals surface area contributed by atoms with Crippen LogP contribution in [0.15, 0.2) is 41.8 Å². The second-order valence-electron chi connectivity index (χ2n) is 9.57. The van der Waals surface area contributed by atoms with Gasteiger partial charge in [-0.2, -0.15) is 0 Å². The lowest BCUT2D eigenvalue weighted by Gasteiger charge is -2.40. The lowest BCUT2D eigenvalue weighted by molar-refractivity contribution is -0.231. The van der Waals surface area contributed by atoms with Gasteiger partial charge in [-0.1, -0.05) is 24.3 Å². The standard InChI is InChI=1S/C19H20O5S2.C7H14O5/c20-9-13-16(21)17(22)18(23)19(24-13)11-3-1-2-10(6-11)7-12-8-15-14(26-12)4-5-25-15;1-3-5(9)7(11)6(10)4(2-8)12-3/h1-6,8,13,16-23H,7,9H2;3-11H,2H2,1H3/t13-,16-,17+,18-,19+;3-,4+,5-,6+,7+/m10/s1. The van der Waals surface area contributed by atoms with E-state index in [2.05, 4.69) is 17.5 Å². The maximum Gasteiger partial charge on any atom is 0.113 e. The van der Waals surface area contributed by atoms with Crippen LogP contribution in [0.2, 0.25) is 0 Å². The van der Waals surface area contributed by atoms with Crippen LogP contribution in [0.1, 0.15) is 29.0 Å². The van der Waals surface area contributed by atoms with E-state index in [1.165, 1.54) is 14.3 Å². The van der Waals surface area contributed by atoms with E-state index in [1.54, 1.807) is 29.6 Å². The monoisotopic (exact) mass is 570 g/mol. The molecule has 0 spiro atoms. The summed E-state index contributed by atoms with van der Waals surface area (Å²) in [5, 5.41) is 78.1. The Hall–Kier alpha value is -1.52. The van der Waals surface area contributed by atoms with Crippen LogP contribution in [0.5, 0.6) is 0 Å². The first-order chi connectivity index (χ1) is 18.1. The molecule has 2 aliphatic rings. The van der Waals surface area contributed by atoms with Crippen LogP contribution in [-0.2, 0) is 15.9 Å². The molecule has 0 amide bonds. The number of aliphatic hydroxyl groups excluding tert-OH is 8. The van der Waals surface area contributed by atoms with Crippen molar-refractivity contribution >= 4 is 32.1 Å².